The highest BCUT2D eigenvalue weighted by atomic mass is 35.5. The van der Waals surface area contributed by atoms with E-state index in [4.69, 9.17) is 16.3 Å². The summed E-state index contributed by atoms with van der Waals surface area (Å²) in [5.41, 5.74) is -1.98. The lowest BCUT2D eigenvalue weighted by Gasteiger charge is -2.31. The van der Waals surface area contributed by atoms with Crippen LogP contribution >= 0.6 is 11.6 Å². The van der Waals surface area contributed by atoms with E-state index in [0.717, 1.165) is 34.6 Å². The predicted octanol–water partition coefficient (Wildman–Crippen LogP) is 7.14. The first-order valence-electron chi connectivity index (χ1n) is 10.3. The lowest BCUT2D eigenvalue weighted by atomic mass is 10.0. The molecule has 1 aliphatic rings. The third-order valence-corrected chi connectivity index (χ3v) is 7.49. The smallest absolute Gasteiger partial charge is 0.417 e. The molecule has 36 heavy (non-hydrogen) atoms. The van der Waals surface area contributed by atoms with Crippen molar-refractivity contribution >= 4 is 39.5 Å². The topological polar surface area (TPSA) is 46.6 Å². The van der Waals surface area contributed by atoms with E-state index in [2.05, 4.69) is 0 Å². The van der Waals surface area contributed by atoms with Crippen molar-refractivity contribution < 1.29 is 39.5 Å². The van der Waals surface area contributed by atoms with E-state index in [1.165, 1.54) is 36.4 Å². The van der Waals surface area contributed by atoms with Gasteiger partial charge in [-0.1, -0.05) is 42.0 Å². The quantitative estimate of drug-likeness (QED) is 0.258. The van der Waals surface area contributed by atoms with Crippen LogP contribution in [0.3, 0.4) is 0 Å². The maximum atomic E-state index is 13.4. The van der Waals surface area contributed by atoms with Gasteiger partial charge in [-0.15, -0.1) is 0 Å². The Morgan fingerprint density at radius 3 is 2.31 bits per heavy atom. The molecule has 0 aromatic heterocycles. The van der Waals surface area contributed by atoms with Gasteiger partial charge in [0.2, 0.25) is 0 Å². The van der Waals surface area contributed by atoms with E-state index in [0.29, 0.717) is 11.6 Å². The zero-order valence-corrected chi connectivity index (χ0v) is 19.6. The number of alkyl halides is 6. The van der Waals surface area contributed by atoms with Crippen LogP contribution in [-0.4, -0.2) is 21.6 Å². The van der Waals surface area contributed by atoms with Gasteiger partial charge in [-0.25, -0.2) is 8.42 Å². The number of nitrogens with zero attached hydrogens (tertiary/aromatic N) is 1. The number of hydrogen-bond donors (Lipinski definition) is 0. The minimum absolute atomic E-state index is 0.0380. The monoisotopic (exact) mass is 547 g/mol. The van der Waals surface area contributed by atoms with Gasteiger partial charge in [-0.05, 0) is 48.0 Å². The average molecular weight is 548 g/mol. The van der Waals surface area contributed by atoms with Crippen LogP contribution in [0.25, 0.3) is 12.2 Å². The minimum atomic E-state index is -4.74. The van der Waals surface area contributed by atoms with Gasteiger partial charge >= 0.3 is 12.4 Å². The third kappa shape index (κ3) is 5.17. The Morgan fingerprint density at radius 2 is 1.61 bits per heavy atom. The van der Waals surface area contributed by atoms with Crippen LogP contribution in [-0.2, 0) is 22.4 Å². The van der Waals surface area contributed by atoms with E-state index in [9.17, 15) is 34.8 Å². The molecule has 4 nitrogen and oxygen atoms in total. The standard InChI is InChI=1S/C24H16ClF6NO3S/c25-20-6-2-5-19(24(29,30)31)18(20)9-7-15-8-10-22-21(13-15)32(11-12-35-22)36(33,34)17-4-1-3-16(14-17)23(26,27)28/h1-10,13-14H,11-12H2/b9-7+. The van der Waals surface area contributed by atoms with Crippen LogP contribution in [0.2, 0.25) is 5.02 Å². The van der Waals surface area contributed by atoms with E-state index in [1.54, 1.807) is 0 Å². The zero-order chi connectivity index (χ0) is 26.3. The van der Waals surface area contributed by atoms with Crippen LogP contribution in [0, 0.1) is 0 Å². The summed E-state index contributed by atoms with van der Waals surface area (Å²) in [5, 5.41) is -0.129. The van der Waals surface area contributed by atoms with Crippen molar-refractivity contribution in [2.75, 3.05) is 17.5 Å². The van der Waals surface area contributed by atoms with Crippen molar-refractivity contribution in [2.24, 2.45) is 0 Å². The number of anilines is 1. The van der Waals surface area contributed by atoms with E-state index in [-0.39, 0.29) is 35.2 Å². The summed E-state index contributed by atoms with van der Waals surface area (Å²) in [4.78, 5) is -0.558. The first-order chi connectivity index (χ1) is 16.8. The number of sulfonamides is 1. The van der Waals surface area contributed by atoms with Crippen molar-refractivity contribution in [1.82, 2.24) is 0 Å². The normalized spacial score (nSPS) is 14.6. The van der Waals surface area contributed by atoms with Gasteiger partial charge in [0.1, 0.15) is 12.4 Å². The molecule has 0 spiro atoms. The number of rotatable bonds is 4. The van der Waals surface area contributed by atoms with Crippen molar-refractivity contribution in [1.29, 1.82) is 0 Å². The van der Waals surface area contributed by atoms with Gasteiger partial charge in [-0.3, -0.25) is 4.31 Å². The Morgan fingerprint density at radius 1 is 0.889 bits per heavy atom. The lowest BCUT2D eigenvalue weighted by Crippen LogP contribution is -2.38. The van der Waals surface area contributed by atoms with Gasteiger partial charge in [0.15, 0.2) is 0 Å². The molecular formula is C24H16ClF6NO3S. The molecule has 0 saturated carbocycles. The maximum Gasteiger partial charge on any atom is 0.417 e. The van der Waals surface area contributed by atoms with Crippen LogP contribution in [0.4, 0.5) is 32.0 Å². The summed E-state index contributed by atoms with van der Waals surface area (Å²) in [6.45, 7) is -0.226. The Labute approximate surface area is 207 Å². The van der Waals surface area contributed by atoms with Crippen LogP contribution < -0.4 is 9.04 Å². The van der Waals surface area contributed by atoms with Gasteiger partial charge in [0.25, 0.3) is 10.0 Å². The average Bonchev–Trinajstić information content (AvgIpc) is 2.81. The highest BCUT2D eigenvalue weighted by Gasteiger charge is 2.35. The maximum absolute atomic E-state index is 13.4. The molecule has 0 amide bonds. The van der Waals surface area contributed by atoms with Gasteiger partial charge in [0, 0.05) is 10.6 Å². The summed E-state index contributed by atoms with van der Waals surface area (Å²) < 4.78 is 112. The fourth-order valence-electron chi connectivity index (χ4n) is 3.66. The molecule has 0 radical (unpaired) electrons. The number of ether oxygens (including phenoxy) is 1. The molecule has 3 aromatic carbocycles. The fourth-order valence-corrected chi connectivity index (χ4v) is 5.39. The Balaban J connectivity index is 1.73. The summed E-state index contributed by atoms with van der Waals surface area (Å²) >= 11 is 5.97. The van der Waals surface area contributed by atoms with E-state index < -0.39 is 38.4 Å². The molecule has 0 aliphatic carbocycles. The van der Waals surface area contributed by atoms with Crippen molar-refractivity contribution in [3.8, 4) is 5.75 Å². The molecule has 0 saturated heterocycles. The number of benzene rings is 3. The second-order valence-electron chi connectivity index (χ2n) is 7.71. The SMILES string of the molecule is O=S(=O)(c1cccc(C(F)(F)F)c1)N1CCOc2ccc(/C=C/c3c(Cl)cccc3C(F)(F)F)cc21. The Kier molecular flexibility index (Phi) is 6.74. The molecule has 4 rings (SSSR count). The largest absolute Gasteiger partial charge is 0.489 e. The van der Waals surface area contributed by atoms with Gasteiger partial charge in [0.05, 0.1) is 28.3 Å². The molecule has 0 bridgehead atoms. The highest BCUT2D eigenvalue weighted by Crippen LogP contribution is 2.39. The number of hydrogen-bond acceptors (Lipinski definition) is 3. The number of halogens is 7. The van der Waals surface area contributed by atoms with Gasteiger partial charge < -0.3 is 4.74 Å². The first kappa shape index (κ1) is 25.9. The Hall–Kier alpha value is -3.18. The Bertz CT molecular complexity index is 1430. The molecule has 0 unspecified atom stereocenters. The summed E-state index contributed by atoms with van der Waals surface area (Å²) in [5.74, 6) is 0.155. The second-order valence-corrected chi connectivity index (χ2v) is 9.98. The lowest BCUT2D eigenvalue weighted by molar-refractivity contribution is -0.138. The highest BCUT2D eigenvalue weighted by molar-refractivity contribution is 7.92. The fraction of sp³-hybridized carbons (Fsp3) is 0.167. The summed E-state index contributed by atoms with van der Waals surface area (Å²) in [6.07, 6.45) is -6.91. The van der Waals surface area contributed by atoms with Crippen LogP contribution in [0.5, 0.6) is 5.75 Å². The molecule has 3 aromatic rings. The summed E-state index contributed by atoms with van der Waals surface area (Å²) in [6, 6.07) is 11.0. The van der Waals surface area contributed by atoms with Crippen molar-refractivity contribution in [2.45, 2.75) is 17.2 Å². The van der Waals surface area contributed by atoms with Crippen LogP contribution in [0.15, 0.2) is 65.6 Å². The van der Waals surface area contributed by atoms with Gasteiger partial charge in [-0.2, -0.15) is 26.3 Å². The molecule has 12 heteroatoms. The molecule has 0 fully saturated rings. The summed E-state index contributed by atoms with van der Waals surface area (Å²) in [7, 11) is -4.42. The molecule has 0 atom stereocenters. The number of fused-ring (bicyclic) bond motifs is 1. The third-order valence-electron chi connectivity index (χ3n) is 5.35. The zero-order valence-electron chi connectivity index (χ0n) is 18.1. The predicted molar refractivity (Wildman–Crippen MR) is 123 cm³/mol. The molecule has 1 heterocycles. The van der Waals surface area contributed by atoms with Crippen molar-refractivity contribution in [3.63, 3.8) is 0 Å². The molecule has 1 aliphatic heterocycles. The molecule has 190 valence electrons. The second kappa shape index (κ2) is 9.36. The van der Waals surface area contributed by atoms with Crippen molar-refractivity contribution in [3.05, 3.63) is 87.9 Å². The minimum Gasteiger partial charge on any atom is -0.489 e. The van der Waals surface area contributed by atoms with E-state index in [1.807, 2.05) is 0 Å². The molecule has 0 N–H and O–H groups in total. The van der Waals surface area contributed by atoms with E-state index >= 15 is 0 Å². The molecular weight excluding hydrogens is 532 g/mol. The van der Waals surface area contributed by atoms with Crippen LogP contribution in [0.1, 0.15) is 22.3 Å². The first-order valence-corrected chi connectivity index (χ1v) is 12.1.